The van der Waals surface area contributed by atoms with Crippen LogP contribution in [0.1, 0.15) is 54.4 Å². The van der Waals surface area contributed by atoms with Crippen molar-refractivity contribution in [3.63, 3.8) is 0 Å². The van der Waals surface area contributed by atoms with Crippen LogP contribution in [0.2, 0.25) is 0 Å². The number of allylic oxidation sites excluding steroid dienone is 1. The number of hydrogen-bond donors (Lipinski definition) is 2. The van der Waals surface area contributed by atoms with Gasteiger partial charge >= 0.3 is 0 Å². The van der Waals surface area contributed by atoms with Crippen molar-refractivity contribution < 1.29 is 9.59 Å². The van der Waals surface area contributed by atoms with E-state index in [0.29, 0.717) is 17.1 Å². The number of aryl methyl sites for hydroxylation is 1. The molecule has 2 unspecified atom stereocenters. The van der Waals surface area contributed by atoms with E-state index in [1.807, 2.05) is 36.4 Å². The number of amides is 2. The first-order valence-electron chi connectivity index (χ1n) is 10.9. The minimum Gasteiger partial charge on any atom is -0.288 e. The summed E-state index contributed by atoms with van der Waals surface area (Å²) in [5, 5.41) is 2.60. The third-order valence-corrected chi connectivity index (χ3v) is 6.98. The first-order valence-corrected chi connectivity index (χ1v) is 11.4. The summed E-state index contributed by atoms with van der Waals surface area (Å²) < 4.78 is 0. The predicted molar refractivity (Wildman–Crippen MR) is 128 cm³/mol. The van der Waals surface area contributed by atoms with E-state index >= 15 is 0 Å². The Balaban J connectivity index is 1.77. The van der Waals surface area contributed by atoms with Gasteiger partial charge in [0.15, 0.2) is 0 Å². The van der Waals surface area contributed by atoms with E-state index < -0.39 is 0 Å². The van der Waals surface area contributed by atoms with Gasteiger partial charge in [0.05, 0.1) is 11.1 Å². The minimum atomic E-state index is -0.320. The zero-order valence-corrected chi connectivity index (χ0v) is 18.4. The van der Waals surface area contributed by atoms with Gasteiger partial charge < -0.3 is 0 Å². The zero-order valence-electron chi connectivity index (χ0n) is 17.5. The Morgan fingerprint density at radius 1 is 0.871 bits per heavy atom. The second kappa shape index (κ2) is 8.01. The van der Waals surface area contributed by atoms with Crippen molar-refractivity contribution in [2.24, 2.45) is 0 Å². The van der Waals surface area contributed by atoms with E-state index in [-0.39, 0.29) is 17.1 Å². The minimum absolute atomic E-state index is 0.0232. The molecule has 2 atom stereocenters. The maximum Gasteiger partial charge on any atom is 0.259 e. The van der Waals surface area contributed by atoms with Gasteiger partial charge in [0, 0.05) is 5.25 Å². The Bertz CT molecular complexity index is 1190. The summed E-state index contributed by atoms with van der Waals surface area (Å²) in [7, 11) is 0. The van der Waals surface area contributed by atoms with Gasteiger partial charge in [-0.25, -0.2) is 0 Å². The quantitative estimate of drug-likeness (QED) is 0.508. The SMILES string of the molecule is CC1CCC=C(C2=C(C3=CC(S)CCc4ccccc43)C(=O)NC2=O)c2ccccc21. The number of carbonyl (C=O) groups is 2. The molecule has 2 aromatic carbocycles. The van der Waals surface area contributed by atoms with Crippen LogP contribution < -0.4 is 5.32 Å². The zero-order chi connectivity index (χ0) is 21.5. The van der Waals surface area contributed by atoms with Crippen LogP contribution in [-0.2, 0) is 16.0 Å². The lowest BCUT2D eigenvalue weighted by atomic mass is 9.85. The van der Waals surface area contributed by atoms with Crippen molar-refractivity contribution in [3.8, 4) is 0 Å². The molecule has 0 radical (unpaired) electrons. The molecule has 0 aromatic heterocycles. The van der Waals surface area contributed by atoms with Crippen molar-refractivity contribution in [2.75, 3.05) is 0 Å². The Hall–Kier alpha value is -2.85. The van der Waals surface area contributed by atoms with Gasteiger partial charge in [-0.2, -0.15) is 12.6 Å². The Labute approximate surface area is 188 Å². The molecule has 1 aliphatic heterocycles. The molecule has 2 aromatic rings. The van der Waals surface area contributed by atoms with Gasteiger partial charge in [0.25, 0.3) is 11.8 Å². The summed E-state index contributed by atoms with van der Waals surface area (Å²) in [6, 6.07) is 16.4. The van der Waals surface area contributed by atoms with E-state index in [0.717, 1.165) is 48.0 Å². The van der Waals surface area contributed by atoms with Crippen molar-refractivity contribution in [1.29, 1.82) is 0 Å². The van der Waals surface area contributed by atoms with Gasteiger partial charge in [-0.1, -0.05) is 67.6 Å². The molecular formula is C27H25NO2S. The number of rotatable bonds is 2. The van der Waals surface area contributed by atoms with Crippen LogP contribution in [0.3, 0.4) is 0 Å². The topological polar surface area (TPSA) is 46.2 Å². The molecule has 0 bridgehead atoms. The predicted octanol–water partition coefficient (Wildman–Crippen LogP) is 5.25. The van der Waals surface area contributed by atoms with Gasteiger partial charge in [0.1, 0.15) is 0 Å². The lowest BCUT2D eigenvalue weighted by molar-refractivity contribution is -0.123. The number of benzene rings is 2. The lowest BCUT2D eigenvalue weighted by Gasteiger charge is -2.17. The molecule has 31 heavy (non-hydrogen) atoms. The third-order valence-electron chi connectivity index (χ3n) is 6.58. The molecule has 1 heterocycles. The van der Waals surface area contributed by atoms with Crippen LogP contribution in [0.4, 0.5) is 0 Å². The highest BCUT2D eigenvalue weighted by molar-refractivity contribution is 7.81. The van der Waals surface area contributed by atoms with E-state index in [1.54, 1.807) is 0 Å². The largest absolute Gasteiger partial charge is 0.288 e. The average molecular weight is 428 g/mol. The lowest BCUT2D eigenvalue weighted by Crippen LogP contribution is -2.23. The molecule has 2 aliphatic carbocycles. The van der Waals surface area contributed by atoms with Crippen molar-refractivity contribution in [1.82, 2.24) is 5.32 Å². The van der Waals surface area contributed by atoms with Crippen LogP contribution in [0.15, 0.2) is 71.8 Å². The fourth-order valence-electron chi connectivity index (χ4n) is 5.01. The molecule has 3 aliphatic rings. The maximum absolute atomic E-state index is 13.1. The van der Waals surface area contributed by atoms with Crippen LogP contribution in [-0.4, -0.2) is 17.1 Å². The van der Waals surface area contributed by atoms with Crippen molar-refractivity contribution >= 4 is 35.6 Å². The molecule has 0 saturated heterocycles. The molecule has 3 nitrogen and oxygen atoms in total. The summed E-state index contributed by atoms with van der Waals surface area (Å²) in [5.74, 6) is -0.234. The van der Waals surface area contributed by atoms with Gasteiger partial charge in [0.2, 0.25) is 0 Å². The third kappa shape index (κ3) is 3.49. The molecule has 0 fully saturated rings. The fourth-order valence-corrected chi connectivity index (χ4v) is 5.29. The molecule has 5 rings (SSSR count). The van der Waals surface area contributed by atoms with Crippen molar-refractivity contribution in [3.05, 3.63) is 94.1 Å². The first kappa shape index (κ1) is 20.1. The Kier molecular flexibility index (Phi) is 5.19. The van der Waals surface area contributed by atoms with Gasteiger partial charge in [-0.15, -0.1) is 0 Å². The standard InChI is InChI=1S/C27H25NO2S/c1-16-7-6-12-22(21-11-5-4-9-19(16)21)24-25(27(30)28-26(24)29)23-15-18(31)14-13-17-8-2-3-10-20(17)23/h2-5,8-12,15-16,18,31H,6-7,13-14H2,1H3,(H,28,29,30). The molecule has 156 valence electrons. The number of carbonyl (C=O) groups excluding carboxylic acids is 2. The maximum atomic E-state index is 13.1. The summed E-state index contributed by atoms with van der Waals surface area (Å²) in [6.45, 7) is 2.22. The van der Waals surface area contributed by atoms with E-state index in [1.165, 1.54) is 11.1 Å². The highest BCUT2D eigenvalue weighted by Crippen LogP contribution is 2.42. The van der Waals surface area contributed by atoms with Gasteiger partial charge in [-0.3, -0.25) is 14.9 Å². The smallest absolute Gasteiger partial charge is 0.259 e. The van der Waals surface area contributed by atoms with Crippen LogP contribution in [0, 0.1) is 0 Å². The molecule has 2 amide bonds. The van der Waals surface area contributed by atoms with E-state index in [9.17, 15) is 9.59 Å². The molecule has 1 N–H and O–H groups in total. The molecule has 0 spiro atoms. The van der Waals surface area contributed by atoms with Crippen LogP contribution in [0.25, 0.3) is 11.1 Å². The summed E-state index contributed by atoms with van der Waals surface area (Å²) in [4.78, 5) is 26.3. The summed E-state index contributed by atoms with van der Waals surface area (Å²) in [6.07, 6.45) is 7.86. The Morgan fingerprint density at radius 3 is 2.35 bits per heavy atom. The summed E-state index contributed by atoms with van der Waals surface area (Å²) in [5.41, 5.74) is 7.16. The number of imide groups is 1. The second-order valence-electron chi connectivity index (χ2n) is 8.56. The monoisotopic (exact) mass is 427 g/mol. The second-order valence-corrected chi connectivity index (χ2v) is 9.22. The van der Waals surface area contributed by atoms with Gasteiger partial charge in [-0.05, 0) is 65.0 Å². The van der Waals surface area contributed by atoms with Crippen LogP contribution >= 0.6 is 12.6 Å². The average Bonchev–Trinajstić information content (AvgIpc) is 2.89. The van der Waals surface area contributed by atoms with E-state index in [2.05, 4.69) is 36.5 Å². The highest BCUT2D eigenvalue weighted by Gasteiger charge is 2.37. The van der Waals surface area contributed by atoms with Crippen LogP contribution in [0.5, 0.6) is 0 Å². The molecule has 0 saturated carbocycles. The number of hydrogen-bond acceptors (Lipinski definition) is 3. The first-order chi connectivity index (χ1) is 15.0. The number of fused-ring (bicyclic) bond motifs is 2. The number of thiol groups is 1. The Morgan fingerprint density at radius 2 is 1.55 bits per heavy atom. The molecule has 4 heteroatoms. The highest BCUT2D eigenvalue weighted by atomic mass is 32.1. The normalized spacial score (nSPS) is 23.3. The summed E-state index contributed by atoms with van der Waals surface area (Å²) >= 11 is 4.74. The number of nitrogens with one attached hydrogen (secondary N) is 1. The van der Waals surface area contributed by atoms with Crippen molar-refractivity contribution in [2.45, 2.75) is 43.8 Å². The van der Waals surface area contributed by atoms with E-state index in [4.69, 9.17) is 12.6 Å². The molecular weight excluding hydrogens is 402 g/mol. The fraction of sp³-hybridized carbons (Fsp3) is 0.259.